The van der Waals surface area contributed by atoms with E-state index in [0.717, 1.165) is 43.4 Å². The first-order chi connectivity index (χ1) is 11.7. The summed E-state index contributed by atoms with van der Waals surface area (Å²) >= 11 is 6.30. The number of benzene rings is 2. The Morgan fingerprint density at radius 3 is 2.62 bits per heavy atom. The lowest BCUT2D eigenvalue weighted by atomic mass is 10.1. The predicted molar refractivity (Wildman–Crippen MR) is 97.3 cm³/mol. The highest BCUT2D eigenvalue weighted by atomic mass is 35.5. The molecule has 0 spiro atoms. The number of halogens is 1. The molecule has 2 N–H and O–H groups in total. The van der Waals surface area contributed by atoms with Gasteiger partial charge in [0.15, 0.2) is 11.5 Å². The summed E-state index contributed by atoms with van der Waals surface area (Å²) in [5, 5.41) is 10.6. The lowest BCUT2D eigenvalue weighted by Gasteiger charge is -2.34. The number of nitrogens with one attached hydrogen (secondary N) is 1. The number of phenolic OH excluding ortho intramolecular Hbond substituents is 1. The molecule has 1 heterocycles. The van der Waals surface area contributed by atoms with Crippen molar-refractivity contribution in [2.75, 3.05) is 37.7 Å². The number of rotatable bonds is 5. The molecule has 0 unspecified atom stereocenters. The van der Waals surface area contributed by atoms with Crippen LogP contribution in [-0.2, 0) is 6.54 Å². The molecule has 1 fully saturated rings. The zero-order valence-corrected chi connectivity index (χ0v) is 14.7. The Hall–Kier alpha value is -1.91. The molecular weight excluding hydrogens is 324 g/mol. The van der Waals surface area contributed by atoms with Crippen molar-refractivity contribution in [1.29, 1.82) is 0 Å². The largest absolute Gasteiger partial charge is 0.504 e. The molecule has 3 rings (SSSR count). The van der Waals surface area contributed by atoms with E-state index in [1.54, 1.807) is 6.07 Å². The van der Waals surface area contributed by atoms with Gasteiger partial charge in [-0.05, 0) is 37.3 Å². The van der Waals surface area contributed by atoms with Gasteiger partial charge in [0.1, 0.15) is 6.54 Å². The second-order valence-electron chi connectivity index (χ2n) is 6.10. The standard InChI is InChI=1S/C19H23ClN2O2/c1-2-24-19-13-15(7-8-18(19)23)14-21-9-11-22(12-10-21)17-6-4-3-5-16(17)20/h3-8,13,23H,2,9-12,14H2,1H3/p+1. The van der Waals surface area contributed by atoms with Gasteiger partial charge < -0.3 is 19.6 Å². The Labute approximate surface area is 148 Å². The van der Waals surface area contributed by atoms with E-state index in [1.165, 1.54) is 10.5 Å². The summed E-state index contributed by atoms with van der Waals surface area (Å²) < 4.78 is 5.47. The summed E-state index contributed by atoms with van der Waals surface area (Å²) in [6, 6.07) is 13.7. The fraction of sp³-hybridized carbons (Fsp3) is 0.368. The van der Waals surface area contributed by atoms with Gasteiger partial charge in [-0.25, -0.2) is 0 Å². The van der Waals surface area contributed by atoms with Crippen LogP contribution in [0.15, 0.2) is 42.5 Å². The van der Waals surface area contributed by atoms with E-state index in [9.17, 15) is 5.11 Å². The SMILES string of the molecule is CCOc1cc(C[NH+]2CCN(c3ccccc3Cl)CC2)ccc1O. The fourth-order valence-corrected chi connectivity index (χ4v) is 3.43. The Kier molecular flexibility index (Phi) is 5.48. The molecule has 5 heteroatoms. The minimum absolute atomic E-state index is 0.208. The molecule has 0 radical (unpaired) electrons. The third-order valence-corrected chi connectivity index (χ3v) is 4.76. The van der Waals surface area contributed by atoms with Crippen LogP contribution < -0.4 is 14.5 Å². The first-order valence-corrected chi connectivity index (χ1v) is 8.83. The topological polar surface area (TPSA) is 37.1 Å². The van der Waals surface area contributed by atoms with Gasteiger partial charge in [0, 0.05) is 5.56 Å². The van der Waals surface area contributed by atoms with E-state index in [-0.39, 0.29) is 5.75 Å². The first kappa shape index (κ1) is 16.9. The van der Waals surface area contributed by atoms with E-state index in [4.69, 9.17) is 16.3 Å². The summed E-state index contributed by atoms with van der Waals surface area (Å²) in [6.45, 7) is 7.54. The molecule has 1 aliphatic heterocycles. The maximum absolute atomic E-state index is 9.81. The maximum atomic E-state index is 9.81. The van der Waals surface area contributed by atoms with Gasteiger partial charge in [-0.1, -0.05) is 23.7 Å². The van der Waals surface area contributed by atoms with Gasteiger partial charge in [0.25, 0.3) is 0 Å². The van der Waals surface area contributed by atoms with Gasteiger partial charge >= 0.3 is 0 Å². The molecule has 2 aromatic rings. The molecule has 1 aliphatic rings. The fourth-order valence-electron chi connectivity index (χ4n) is 3.18. The number of piperazine rings is 1. The number of nitrogens with zero attached hydrogens (tertiary/aromatic N) is 1. The van der Waals surface area contributed by atoms with Crippen LogP contribution in [0.1, 0.15) is 12.5 Å². The highest BCUT2D eigenvalue weighted by Crippen LogP contribution is 2.27. The molecule has 2 aromatic carbocycles. The smallest absolute Gasteiger partial charge is 0.161 e. The molecule has 4 nitrogen and oxygen atoms in total. The van der Waals surface area contributed by atoms with Crippen LogP contribution in [-0.4, -0.2) is 37.9 Å². The van der Waals surface area contributed by atoms with E-state index in [0.29, 0.717) is 12.4 Å². The van der Waals surface area contributed by atoms with Gasteiger partial charge in [-0.2, -0.15) is 0 Å². The first-order valence-electron chi connectivity index (χ1n) is 8.45. The highest BCUT2D eigenvalue weighted by Gasteiger charge is 2.21. The normalized spacial score (nSPS) is 15.5. The molecule has 0 bridgehead atoms. The lowest BCUT2D eigenvalue weighted by molar-refractivity contribution is -0.914. The molecule has 128 valence electrons. The minimum atomic E-state index is 0.208. The van der Waals surface area contributed by atoms with Crippen molar-refractivity contribution in [2.45, 2.75) is 13.5 Å². The number of para-hydroxylation sites is 1. The van der Waals surface area contributed by atoms with Crippen molar-refractivity contribution in [3.63, 3.8) is 0 Å². The monoisotopic (exact) mass is 347 g/mol. The summed E-state index contributed by atoms with van der Waals surface area (Å²) in [7, 11) is 0. The van der Waals surface area contributed by atoms with Crippen molar-refractivity contribution in [2.24, 2.45) is 0 Å². The maximum Gasteiger partial charge on any atom is 0.161 e. The van der Waals surface area contributed by atoms with Crippen LogP contribution >= 0.6 is 11.6 Å². The third-order valence-electron chi connectivity index (χ3n) is 4.44. The van der Waals surface area contributed by atoms with E-state index >= 15 is 0 Å². The van der Waals surface area contributed by atoms with Gasteiger partial charge in [-0.3, -0.25) is 0 Å². The minimum Gasteiger partial charge on any atom is -0.504 e. The second kappa shape index (κ2) is 7.77. The number of hydrogen-bond acceptors (Lipinski definition) is 3. The molecular formula is C19H24ClN2O2+. The molecule has 0 atom stereocenters. The lowest BCUT2D eigenvalue weighted by Crippen LogP contribution is -3.13. The highest BCUT2D eigenvalue weighted by molar-refractivity contribution is 6.33. The molecule has 24 heavy (non-hydrogen) atoms. The Morgan fingerprint density at radius 1 is 1.17 bits per heavy atom. The Morgan fingerprint density at radius 2 is 1.92 bits per heavy atom. The number of anilines is 1. The average molecular weight is 348 g/mol. The van der Waals surface area contributed by atoms with Crippen LogP contribution in [0.2, 0.25) is 5.02 Å². The number of aromatic hydroxyl groups is 1. The Bertz CT molecular complexity index is 685. The van der Waals surface area contributed by atoms with Gasteiger partial charge in [-0.15, -0.1) is 0 Å². The third kappa shape index (κ3) is 3.94. The van der Waals surface area contributed by atoms with E-state index < -0.39 is 0 Å². The van der Waals surface area contributed by atoms with Crippen molar-refractivity contribution in [1.82, 2.24) is 0 Å². The van der Waals surface area contributed by atoms with Crippen LogP contribution in [0.3, 0.4) is 0 Å². The summed E-state index contributed by atoms with van der Waals surface area (Å²) in [4.78, 5) is 3.89. The zero-order valence-electron chi connectivity index (χ0n) is 14.0. The number of quaternary nitrogens is 1. The number of ether oxygens (including phenoxy) is 1. The van der Waals surface area contributed by atoms with Crippen molar-refractivity contribution in [3.8, 4) is 11.5 Å². The molecule has 0 aromatic heterocycles. The van der Waals surface area contributed by atoms with Gasteiger partial charge in [0.05, 0.1) is 43.5 Å². The Balaban J connectivity index is 1.59. The molecule has 1 saturated heterocycles. The summed E-state index contributed by atoms with van der Waals surface area (Å²) in [5.41, 5.74) is 2.32. The summed E-state index contributed by atoms with van der Waals surface area (Å²) in [6.07, 6.45) is 0. The van der Waals surface area contributed by atoms with Crippen molar-refractivity contribution >= 4 is 17.3 Å². The molecule has 0 aliphatic carbocycles. The van der Waals surface area contributed by atoms with Crippen molar-refractivity contribution < 1.29 is 14.7 Å². The number of phenols is 1. The summed E-state index contributed by atoms with van der Waals surface area (Å²) in [5.74, 6) is 0.781. The number of hydrogen-bond donors (Lipinski definition) is 2. The van der Waals surface area contributed by atoms with Crippen LogP contribution in [0.4, 0.5) is 5.69 Å². The molecule has 0 amide bonds. The van der Waals surface area contributed by atoms with E-state index in [2.05, 4.69) is 11.0 Å². The van der Waals surface area contributed by atoms with E-state index in [1.807, 2.05) is 37.3 Å². The second-order valence-corrected chi connectivity index (χ2v) is 6.51. The van der Waals surface area contributed by atoms with Crippen LogP contribution in [0.25, 0.3) is 0 Å². The molecule has 0 saturated carbocycles. The average Bonchev–Trinajstić information content (AvgIpc) is 2.59. The zero-order chi connectivity index (χ0) is 16.9. The van der Waals surface area contributed by atoms with Crippen LogP contribution in [0.5, 0.6) is 11.5 Å². The quantitative estimate of drug-likeness (QED) is 0.871. The van der Waals surface area contributed by atoms with Crippen molar-refractivity contribution in [3.05, 3.63) is 53.1 Å². The van der Waals surface area contributed by atoms with Crippen LogP contribution in [0, 0.1) is 0 Å². The predicted octanol–water partition coefficient (Wildman–Crippen LogP) is 2.35. The van der Waals surface area contributed by atoms with Gasteiger partial charge in [0.2, 0.25) is 0 Å².